The van der Waals surface area contributed by atoms with E-state index in [1.807, 2.05) is 61.5 Å². The van der Waals surface area contributed by atoms with Crippen molar-refractivity contribution in [1.29, 1.82) is 0 Å². The number of carboxylic acids is 1. The number of aryl methyl sites for hydroxylation is 1. The van der Waals surface area contributed by atoms with Crippen LogP contribution < -0.4 is 16.0 Å². The van der Waals surface area contributed by atoms with E-state index in [1.165, 1.54) is 0 Å². The van der Waals surface area contributed by atoms with Crippen LogP contribution >= 0.6 is 0 Å². The van der Waals surface area contributed by atoms with Crippen LogP contribution in [0.25, 0.3) is 21.9 Å². The fourth-order valence-corrected chi connectivity index (χ4v) is 4.51. The monoisotopic (exact) mass is 564 g/mol. The molecule has 4 rings (SSSR count). The van der Waals surface area contributed by atoms with Crippen molar-refractivity contribution < 1.29 is 24.6 Å². The zero-order valence-electron chi connectivity index (χ0n) is 22.2. The molecule has 9 nitrogen and oxygen atoms in total. The second-order valence-electron chi connectivity index (χ2n) is 9.54. The van der Waals surface area contributed by atoms with Gasteiger partial charge >= 0.3 is 35.5 Å². The van der Waals surface area contributed by atoms with Gasteiger partial charge in [0.15, 0.2) is 0 Å². The number of carbonyl (C=O) groups excluding carboxylic acids is 2. The Kier molecular flexibility index (Phi) is 11.7. The third-order valence-electron chi connectivity index (χ3n) is 6.47. The first-order chi connectivity index (χ1) is 19.3. The van der Waals surface area contributed by atoms with Gasteiger partial charge in [0.05, 0.1) is 19.0 Å². The third-order valence-corrected chi connectivity index (χ3v) is 6.47. The first-order valence-electron chi connectivity index (χ1n) is 13.1. The number of aromatic nitrogens is 1. The Morgan fingerprint density at radius 3 is 2.49 bits per heavy atom. The summed E-state index contributed by atoms with van der Waals surface area (Å²) in [5, 5.41) is 30.7. The molecule has 0 fully saturated rings. The molecule has 1 heterocycles. The number of aliphatic carboxylic acids is 1. The van der Waals surface area contributed by atoms with E-state index in [1.54, 1.807) is 24.4 Å². The molecule has 0 radical (unpaired) electrons. The van der Waals surface area contributed by atoms with Gasteiger partial charge in [-0.2, -0.15) is 0 Å². The molecule has 1 aromatic heterocycles. The minimum absolute atomic E-state index is 0. The molecule has 208 valence electrons. The number of carboxylic acid groups (broad SMARTS) is 1. The number of phenols is 1. The van der Waals surface area contributed by atoms with Crippen molar-refractivity contribution >= 4 is 63.9 Å². The molecule has 2 amide bonds. The Morgan fingerprint density at radius 1 is 0.951 bits per heavy atom. The molecule has 0 saturated carbocycles. The van der Waals surface area contributed by atoms with Crippen LogP contribution in [0.3, 0.4) is 0 Å². The van der Waals surface area contributed by atoms with E-state index in [0.29, 0.717) is 13.0 Å². The molecule has 41 heavy (non-hydrogen) atoms. The van der Waals surface area contributed by atoms with Gasteiger partial charge in [-0.15, -0.1) is 0 Å². The number of pyridine rings is 1. The van der Waals surface area contributed by atoms with Crippen molar-refractivity contribution in [3.05, 3.63) is 90.1 Å². The molecule has 0 bridgehead atoms. The van der Waals surface area contributed by atoms with Gasteiger partial charge in [-0.3, -0.25) is 14.4 Å². The molecule has 0 aliphatic heterocycles. The zero-order chi connectivity index (χ0) is 28.5. The van der Waals surface area contributed by atoms with Gasteiger partial charge in [0, 0.05) is 24.7 Å². The normalized spacial score (nSPS) is 11.2. The summed E-state index contributed by atoms with van der Waals surface area (Å²) in [6.45, 7) is 2.20. The Labute approximate surface area is 260 Å². The summed E-state index contributed by atoms with van der Waals surface area (Å²) in [4.78, 5) is 40.5. The summed E-state index contributed by atoms with van der Waals surface area (Å²) in [5.74, 6) is -1.39. The van der Waals surface area contributed by atoms with E-state index in [0.717, 1.165) is 33.3 Å². The number of aromatic hydroxyl groups is 1. The van der Waals surface area contributed by atoms with Gasteiger partial charge in [-0.25, -0.2) is 4.98 Å². The number of hydrogen-bond acceptors (Lipinski definition) is 6. The molecular formula is C31H33N4NaO5. The molecule has 0 saturated heterocycles. The van der Waals surface area contributed by atoms with Gasteiger partial charge in [0.1, 0.15) is 11.6 Å². The molecular weight excluding hydrogens is 531 g/mol. The summed E-state index contributed by atoms with van der Waals surface area (Å²) in [6, 6.07) is 21.6. The second kappa shape index (κ2) is 15.2. The average molecular weight is 565 g/mol. The number of nitrogens with zero attached hydrogens (tertiary/aromatic N) is 1. The van der Waals surface area contributed by atoms with Crippen LogP contribution in [0.2, 0.25) is 0 Å². The van der Waals surface area contributed by atoms with Crippen LogP contribution in [-0.4, -0.2) is 75.6 Å². The Balaban J connectivity index is 0.00000462. The maximum atomic E-state index is 12.6. The number of rotatable bonds is 12. The molecule has 4 aromatic rings. The number of benzene rings is 3. The van der Waals surface area contributed by atoms with E-state index >= 15 is 0 Å². The van der Waals surface area contributed by atoms with Crippen LogP contribution in [0.4, 0.5) is 5.82 Å². The number of fused-ring (bicyclic) bond motifs is 1. The van der Waals surface area contributed by atoms with E-state index in [4.69, 9.17) is 0 Å². The summed E-state index contributed by atoms with van der Waals surface area (Å²) in [7, 11) is 0. The van der Waals surface area contributed by atoms with E-state index in [9.17, 15) is 24.6 Å². The number of phenolic OH excluding ortho intramolecular Hbond substituents is 1. The SMILES string of the molecule is Cc1ccnc(NCCCC(=O)NCC(=O)NC(CC(=O)O)c2ccc(-c3cccc4ccccc34)cc2O)c1.[NaH]. The van der Waals surface area contributed by atoms with Crippen LogP contribution in [0, 0.1) is 6.92 Å². The molecule has 10 heteroatoms. The molecule has 3 aromatic carbocycles. The summed E-state index contributed by atoms with van der Waals surface area (Å²) in [6.07, 6.45) is 2.03. The van der Waals surface area contributed by atoms with Crippen molar-refractivity contribution in [2.24, 2.45) is 0 Å². The fraction of sp³-hybridized carbons (Fsp3) is 0.226. The number of hydrogen-bond donors (Lipinski definition) is 5. The topological polar surface area (TPSA) is 141 Å². The van der Waals surface area contributed by atoms with Crippen molar-refractivity contribution in [3.63, 3.8) is 0 Å². The van der Waals surface area contributed by atoms with Crippen molar-refractivity contribution in [1.82, 2.24) is 15.6 Å². The van der Waals surface area contributed by atoms with E-state index in [2.05, 4.69) is 20.9 Å². The quantitative estimate of drug-likeness (QED) is 0.130. The van der Waals surface area contributed by atoms with Crippen molar-refractivity contribution in [2.45, 2.75) is 32.2 Å². The zero-order valence-corrected chi connectivity index (χ0v) is 22.2. The molecule has 0 aliphatic rings. The predicted octanol–water partition coefficient (Wildman–Crippen LogP) is 3.91. The fourth-order valence-electron chi connectivity index (χ4n) is 4.51. The first kappa shape index (κ1) is 31.6. The maximum absolute atomic E-state index is 12.6. The van der Waals surface area contributed by atoms with Gasteiger partial charge in [0.25, 0.3) is 0 Å². The van der Waals surface area contributed by atoms with Crippen LogP contribution in [0.5, 0.6) is 5.75 Å². The molecule has 5 N–H and O–H groups in total. The number of carbonyl (C=O) groups is 3. The second-order valence-corrected chi connectivity index (χ2v) is 9.54. The van der Waals surface area contributed by atoms with E-state index in [-0.39, 0.29) is 59.7 Å². The summed E-state index contributed by atoms with van der Waals surface area (Å²) < 4.78 is 0. The van der Waals surface area contributed by atoms with Crippen LogP contribution in [0.1, 0.15) is 36.4 Å². The van der Waals surface area contributed by atoms with Crippen LogP contribution in [-0.2, 0) is 14.4 Å². The molecule has 0 aliphatic carbocycles. The summed E-state index contributed by atoms with van der Waals surface area (Å²) >= 11 is 0. The minimum atomic E-state index is -1.14. The number of amides is 2. The number of nitrogens with one attached hydrogen (secondary N) is 3. The van der Waals surface area contributed by atoms with Crippen LogP contribution in [0.15, 0.2) is 79.0 Å². The Hall–Kier alpha value is -3.92. The molecule has 0 spiro atoms. The Morgan fingerprint density at radius 2 is 1.73 bits per heavy atom. The van der Waals surface area contributed by atoms with Gasteiger partial charge in [0.2, 0.25) is 11.8 Å². The van der Waals surface area contributed by atoms with Gasteiger partial charge < -0.3 is 26.2 Å². The van der Waals surface area contributed by atoms with Crippen molar-refractivity contribution in [2.75, 3.05) is 18.4 Å². The molecule has 1 atom stereocenters. The standard InChI is InChI=1S/C31H32N4O5.Na.H/c1-20-13-15-33-28(16-20)32-14-5-10-29(37)34-19-30(38)35-26(18-31(39)40)25-12-11-22(17-27(25)36)24-9-4-7-21-6-2-3-8-23(21)24;;/h2-4,6-9,11-13,15-17,26,36H,5,10,14,18-19H2,1H3,(H,32,33)(H,34,37)(H,35,38)(H,39,40);;. The van der Waals surface area contributed by atoms with Gasteiger partial charge in [-0.1, -0.05) is 54.6 Å². The third kappa shape index (κ3) is 9.04. The van der Waals surface area contributed by atoms with Gasteiger partial charge in [-0.05, 0) is 59.0 Å². The Bertz CT molecular complexity index is 1520. The first-order valence-corrected chi connectivity index (χ1v) is 13.1. The number of anilines is 1. The average Bonchev–Trinajstić information content (AvgIpc) is 2.93. The molecule has 1 unspecified atom stereocenters. The van der Waals surface area contributed by atoms with E-state index < -0.39 is 24.3 Å². The predicted molar refractivity (Wildman–Crippen MR) is 161 cm³/mol. The van der Waals surface area contributed by atoms with Crippen molar-refractivity contribution in [3.8, 4) is 16.9 Å². The summed E-state index contributed by atoms with van der Waals surface area (Å²) in [5.41, 5.74) is 3.05.